The summed E-state index contributed by atoms with van der Waals surface area (Å²) in [4.78, 5) is 0. The van der Waals surface area contributed by atoms with Crippen molar-refractivity contribution in [1.82, 2.24) is 0 Å². The number of hydrogen-bond donors (Lipinski definition) is 0. The molecule has 1 rings (SSSR count). The first kappa shape index (κ1) is 12.4. The Morgan fingerprint density at radius 3 is 2.07 bits per heavy atom. The molecule has 3 heteroatoms. The van der Waals surface area contributed by atoms with Crippen molar-refractivity contribution in [2.24, 2.45) is 0 Å². The van der Waals surface area contributed by atoms with Crippen molar-refractivity contribution in [2.45, 2.75) is 25.9 Å². The van der Waals surface area contributed by atoms with Crippen molar-refractivity contribution in [3.63, 3.8) is 0 Å². The first-order chi connectivity index (χ1) is 7.09. The van der Waals surface area contributed by atoms with Gasteiger partial charge in [0, 0.05) is 14.2 Å². The SMILES string of the molecule is CO[Si](C)(CCc1ccc(C)cc1)OC. The normalized spacial score (nSPS) is 11.7. The lowest BCUT2D eigenvalue weighted by atomic mass is 10.1. The largest absolute Gasteiger partial charge is 0.398 e. The summed E-state index contributed by atoms with van der Waals surface area (Å²) in [6.07, 6.45) is 1.03. The van der Waals surface area contributed by atoms with Crippen LogP contribution in [0.4, 0.5) is 0 Å². The molecule has 0 saturated heterocycles. The molecule has 84 valence electrons. The van der Waals surface area contributed by atoms with Crippen LogP contribution in [-0.4, -0.2) is 22.8 Å². The van der Waals surface area contributed by atoms with Crippen LogP contribution in [-0.2, 0) is 15.3 Å². The highest BCUT2D eigenvalue weighted by Gasteiger charge is 2.27. The lowest BCUT2D eigenvalue weighted by Gasteiger charge is -2.22. The van der Waals surface area contributed by atoms with E-state index in [4.69, 9.17) is 8.85 Å². The average molecular weight is 224 g/mol. The van der Waals surface area contributed by atoms with Crippen LogP contribution < -0.4 is 0 Å². The van der Waals surface area contributed by atoms with Crippen LogP contribution in [0.2, 0.25) is 12.6 Å². The Morgan fingerprint density at radius 1 is 1.07 bits per heavy atom. The maximum atomic E-state index is 5.45. The van der Waals surface area contributed by atoms with Crippen molar-refractivity contribution < 1.29 is 8.85 Å². The monoisotopic (exact) mass is 224 g/mol. The van der Waals surface area contributed by atoms with Gasteiger partial charge in [0.05, 0.1) is 0 Å². The highest BCUT2D eigenvalue weighted by Crippen LogP contribution is 2.15. The molecule has 0 saturated carbocycles. The molecule has 0 aliphatic rings. The van der Waals surface area contributed by atoms with Gasteiger partial charge in [-0.25, -0.2) is 0 Å². The molecule has 0 bridgehead atoms. The number of rotatable bonds is 5. The third-order valence-corrected chi connectivity index (χ3v) is 5.74. The lowest BCUT2D eigenvalue weighted by molar-refractivity contribution is 0.249. The Bertz CT molecular complexity index is 291. The van der Waals surface area contributed by atoms with E-state index in [-0.39, 0.29) is 0 Å². The van der Waals surface area contributed by atoms with Gasteiger partial charge in [0.1, 0.15) is 0 Å². The number of aryl methyl sites for hydroxylation is 2. The van der Waals surface area contributed by atoms with E-state index in [1.54, 1.807) is 14.2 Å². The molecule has 0 aliphatic carbocycles. The Morgan fingerprint density at radius 2 is 1.60 bits per heavy atom. The second-order valence-corrected chi connectivity index (χ2v) is 7.61. The molecule has 1 aromatic carbocycles. The summed E-state index contributed by atoms with van der Waals surface area (Å²) < 4.78 is 10.9. The Kier molecular flexibility index (Phi) is 4.51. The van der Waals surface area contributed by atoms with Crippen molar-refractivity contribution in [1.29, 1.82) is 0 Å². The van der Waals surface area contributed by atoms with E-state index in [0.717, 1.165) is 12.5 Å². The molecule has 0 spiro atoms. The van der Waals surface area contributed by atoms with Gasteiger partial charge in [-0.15, -0.1) is 0 Å². The summed E-state index contributed by atoms with van der Waals surface area (Å²) in [5.41, 5.74) is 2.66. The number of benzene rings is 1. The minimum Gasteiger partial charge on any atom is -0.398 e. The fraction of sp³-hybridized carbons (Fsp3) is 0.500. The minimum absolute atomic E-state index is 1.00. The molecular formula is C12H20O2Si. The lowest BCUT2D eigenvalue weighted by Crippen LogP contribution is -2.36. The molecule has 0 aliphatic heterocycles. The van der Waals surface area contributed by atoms with Gasteiger partial charge in [-0.1, -0.05) is 29.8 Å². The zero-order valence-corrected chi connectivity index (χ0v) is 11.0. The van der Waals surface area contributed by atoms with E-state index in [0.29, 0.717) is 0 Å². The van der Waals surface area contributed by atoms with E-state index >= 15 is 0 Å². The highest BCUT2D eigenvalue weighted by molar-refractivity contribution is 6.65. The molecule has 0 aromatic heterocycles. The van der Waals surface area contributed by atoms with Crippen LogP contribution in [0.1, 0.15) is 11.1 Å². The Hall–Kier alpha value is -0.643. The second-order valence-electron chi connectivity index (χ2n) is 4.03. The van der Waals surface area contributed by atoms with E-state index < -0.39 is 8.56 Å². The minimum atomic E-state index is -1.89. The van der Waals surface area contributed by atoms with Gasteiger partial charge in [-0.2, -0.15) is 0 Å². The van der Waals surface area contributed by atoms with Gasteiger partial charge in [-0.3, -0.25) is 0 Å². The quantitative estimate of drug-likeness (QED) is 0.716. The first-order valence-corrected chi connectivity index (χ1v) is 7.78. The third kappa shape index (κ3) is 3.78. The van der Waals surface area contributed by atoms with Crippen LogP contribution in [0.3, 0.4) is 0 Å². The molecule has 0 amide bonds. The molecule has 0 N–H and O–H groups in total. The summed E-state index contributed by atoms with van der Waals surface area (Å²) >= 11 is 0. The zero-order chi connectivity index (χ0) is 11.3. The zero-order valence-electron chi connectivity index (χ0n) is 10.0. The Labute approximate surface area is 93.5 Å². The third-order valence-electron chi connectivity index (χ3n) is 2.85. The molecule has 0 unspecified atom stereocenters. The highest BCUT2D eigenvalue weighted by atomic mass is 28.4. The summed E-state index contributed by atoms with van der Waals surface area (Å²) in [7, 11) is 1.59. The van der Waals surface area contributed by atoms with Crippen LogP contribution in [0.5, 0.6) is 0 Å². The number of hydrogen-bond acceptors (Lipinski definition) is 2. The van der Waals surface area contributed by atoms with Crippen molar-refractivity contribution in [2.75, 3.05) is 14.2 Å². The molecule has 0 radical (unpaired) electrons. The van der Waals surface area contributed by atoms with Gasteiger partial charge in [0.25, 0.3) is 0 Å². The van der Waals surface area contributed by atoms with E-state index in [9.17, 15) is 0 Å². The topological polar surface area (TPSA) is 18.5 Å². The van der Waals surface area contributed by atoms with Crippen LogP contribution in [0, 0.1) is 6.92 Å². The van der Waals surface area contributed by atoms with Gasteiger partial charge >= 0.3 is 8.56 Å². The smallest absolute Gasteiger partial charge is 0.334 e. The van der Waals surface area contributed by atoms with Crippen LogP contribution in [0.15, 0.2) is 24.3 Å². The Balaban J connectivity index is 2.53. The molecule has 0 atom stereocenters. The summed E-state index contributed by atoms with van der Waals surface area (Å²) in [6.45, 7) is 4.20. The van der Waals surface area contributed by atoms with Gasteiger partial charge in [-0.05, 0) is 31.5 Å². The predicted molar refractivity (Wildman–Crippen MR) is 65.3 cm³/mol. The van der Waals surface area contributed by atoms with Crippen LogP contribution >= 0.6 is 0 Å². The van der Waals surface area contributed by atoms with Gasteiger partial charge in [0.15, 0.2) is 0 Å². The van der Waals surface area contributed by atoms with E-state index in [1.165, 1.54) is 11.1 Å². The average Bonchev–Trinajstić information content (AvgIpc) is 2.28. The summed E-state index contributed by atoms with van der Waals surface area (Å²) in [5, 5.41) is 0. The molecular weight excluding hydrogens is 204 g/mol. The maximum Gasteiger partial charge on any atom is 0.334 e. The summed E-state index contributed by atoms with van der Waals surface area (Å²) in [5.74, 6) is 0. The molecule has 0 fully saturated rings. The second kappa shape index (κ2) is 5.44. The molecule has 1 aromatic rings. The van der Waals surface area contributed by atoms with Crippen molar-refractivity contribution in [3.05, 3.63) is 35.4 Å². The molecule has 2 nitrogen and oxygen atoms in total. The van der Waals surface area contributed by atoms with E-state index in [2.05, 4.69) is 37.7 Å². The molecule has 15 heavy (non-hydrogen) atoms. The van der Waals surface area contributed by atoms with Crippen molar-refractivity contribution >= 4 is 8.56 Å². The van der Waals surface area contributed by atoms with Crippen molar-refractivity contribution in [3.8, 4) is 0 Å². The maximum absolute atomic E-state index is 5.45. The standard InChI is InChI=1S/C12H20O2Si/c1-11-5-7-12(8-6-11)9-10-15(4,13-2)14-3/h5-8H,9-10H2,1-4H3. The molecule has 0 heterocycles. The predicted octanol–water partition coefficient (Wildman–Crippen LogP) is 2.90. The first-order valence-electron chi connectivity index (χ1n) is 5.25. The van der Waals surface area contributed by atoms with Crippen LogP contribution in [0.25, 0.3) is 0 Å². The van der Waals surface area contributed by atoms with Gasteiger partial charge in [0.2, 0.25) is 0 Å². The van der Waals surface area contributed by atoms with Gasteiger partial charge < -0.3 is 8.85 Å². The van der Waals surface area contributed by atoms with E-state index in [1.807, 2.05) is 0 Å². The summed E-state index contributed by atoms with van der Waals surface area (Å²) in [6, 6.07) is 9.65. The fourth-order valence-electron chi connectivity index (χ4n) is 1.41. The fourth-order valence-corrected chi connectivity index (χ4v) is 2.73.